The number of hydrogen-bond donors (Lipinski definition) is 2. The Hall–Kier alpha value is -1.06. The molecule has 0 fully saturated rings. The quantitative estimate of drug-likeness (QED) is 0.860. The SMILES string of the molecule is CCC(O)(CC)CN1CCC(N)c2ccccc21. The molecule has 1 atom stereocenters. The maximum Gasteiger partial charge on any atom is 0.0816 e. The van der Waals surface area contributed by atoms with Crippen molar-refractivity contribution in [3.8, 4) is 0 Å². The minimum atomic E-state index is -0.589. The number of β-amino-alcohol motifs (C(OH)–C–C–N with tert-alkyl or cyclic N) is 1. The summed E-state index contributed by atoms with van der Waals surface area (Å²) in [4.78, 5) is 2.28. The van der Waals surface area contributed by atoms with Crippen molar-refractivity contribution in [1.82, 2.24) is 0 Å². The highest BCUT2D eigenvalue weighted by molar-refractivity contribution is 5.57. The van der Waals surface area contributed by atoms with E-state index in [0.29, 0.717) is 6.54 Å². The maximum absolute atomic E-state index is 10.5. The minimum absolute atomic E-state index is 0.133. The van der Waals surface area contributed by atoms with Crippen molar-refractivity contribution in [1.29, 1.82) is 0 Å². The summed E-state index contributed by atoms with van der Waals surface area (Å²) in [5.41, 5.74) is 7.96. The van der Waals surface area contributed by atoms with Crippen molar-refractivity contribution in [3.63, 3.8) is 0 Å². The summed E-state index contributed by atoms with van der Waals surface area (Å²) in [6.07, 6.45) is 2.53. The summed E-state index contributed by atoms with van der Waals surface area (Å²) in [6, 6.07) is 8.42. The Morgan fingerprint density at radius 2 is 2.00 bits per heavy atom. The topological polar surface area (TPSA) is 49.5 Å². The van der Waals surface area contributed by atoms with Crippen molar-refractivity contribution in [2.75, 3.05) is 18.0 Å². The van der Waals surface area contributed by atoms with Crippen LogP contribution in [-0.4, -0.2) is 23.8 Å². The Labute approximate surface area is 110 Å². The molecule has 1 unspecified atom stereocenters. The van der Waals surface area contributed by atoms with Crippen LogP contribution >= 0.6 is 0 Å². The third-order valence-electron chi connectivity index (χ3n) is 4.19. The molecule has 0 radical (unpaired) electrons. The zero-order valence-electron chi connectivity index (χ0n) is 11.4. The van der Waals surface area contributed by atoms with Gasteiger partial charge in [-0.15, -0.1) is 0 Å². The number of nitrogens with zero attached hydrogens (tertiary/aromatic N) is 1. The number of hydrogen-bond acceptors (Lipinski definition) is 3. The molecule has 1 aromatic rings. The summed E-state index contributed by atoms with van der Waals surface area (Å²) >= 11 is 0. The van der Waals surface area contributed by atoms with Gasteiger partial charge in [0.1, 0.15) is 0 Å². The van der Waals surface area contributed by atoms with E-state index in [2.05, 4.69) is 17.0 Å². The highest BCUT2D eigenvalue weighted by Gasteiger charge is 2.29. The smallest absolute Gasteiger partial charge is 0.0816 e. The van der Waals surface area contributed by atoms with Gasteiger partial charge in [0.15, 0.2) is 0 Å². The molecule has 1 aliphatic heterocycles. The Kier molecular flexibility index (Phi) is 3.93. The van der Waals surface area contributed by atoms with Gasteiger partial charge < -0.3 is 15.7 Å². The third kappa shape index (κ3) is 2.52. The molecular formula is C15H24N2O. The molecule has 2 rings (SSSR count). The van der Waals surface area contributed by atoms with Gasteiger partial charge in [0.05, 0.1) is 5.60 Å². The predicted octanol–water partition coefficient (Wildman–Crippen LogP) is 2.45. The molecule has 3 N–H and O–H groups in total. The summed E-state index contributed by atoms with van der Waals surface area (Å²) in [6.45, 7) is 5.72. The minimum Gasteiger partial charge on any atom is -0.388 e. The van der Waals surface area contributed by atoms with Crippen LogP contribution in [0.3, 0.4) is 0 Å². The van der Waals surface area contributed by atoms with Crippen molar-refractivity contribution in [2.24, 2.45) is 5.73 Å². The molecule has 0 aromatic heterocycles. The fraction of sp³-hybridized carbons (Fsp3) is 0.600. The highest BCUT2D eigenvalue weighted by Crippen LogP contribution is 2.33. The molecule has 3 heteroatoms. The summed E-state index contributed by atoms with van der Waals surface area (Å²) < 4.78 is 0. The van der Waals surface area contributed by atoms with E-state index in [4.69, 9.17) is 5.73 Å². The van der Waals surface area contributed by atoms with Crippen LogP contribution in [0.1, 0.15) is 44.7 Å². The van der Waals surface area contributed by atoms with E-state index >= 15 is 0 Å². The van der Waals surface area contributed by atoms with E-state index in [1.54, 1.807) is 0 Å². The average Bonchev–Trinajstić information content (AvgIpc) is 2.42. The molecule has 3 nitrogen and oxygen atoms in total. The summed E-state index contributed by atoms with van der Waals surface area (Å²) in [5, 5.41) is 10.5. The number of para-hydroxylation sites is 1. The average molecular weight is 248 g/mol. The van der Waals surface area contributed by atoms with Crippen LogP contribution < -0.4 is 10.6 Å². The molecule has 0 saturated heterocycles. The second kappa shape index (κ2) is 5.29. The van der Waals surface area contributed by atoms with Crippen LogP contribution in [0.25, 0.3) is 0 Å². The fourth-order valence-corrected chi connectivity index (χ4v) is 2.65. The van der Waals surface area contributed by atoms with E-state index in [-0.39, 0.29) is 6.04 Å². The molecule has 0 amide bonds. The lowest BCUT2D eigenvalue weighted by atomic mass is 9.92. The molecule has 0 saturated carbocycles. The number of anilines is 1. The monoisotopic (exact) mass is 248 g/mol. The Bertz CT molecular complexity index is 401. The maximum atomic E-state index is 10.5. The first-order valence-corrected chi connectivity index (χ1v) is 6.91. The lowest BCUT2D eigenvalue weighted by Gasteiger charge is -2.39. The van der Waals surface area contributed by atoms with Crippen LogP contribution in [-0.2, 0) is 0 Å². The Morgan fingerprint density at radius 3 is 2.67 bits per heavy atom. The lowest BCUT2D eigenvalue weighted by Crippen LogP contribution is -2.45. The van der Waals surface area contributed by atoms with Crippen molar-refractivity contribution >= 4 is 5.69 Å². The zero-order valence-corrected chi connectivity index (χ0v) is 11.4. The summed E-state index contributed by atoms with van der Waals surface area (Å²) in [5.74, 6) is 0. The molecule has 1 aromatic carbocycles. The Morgan fingerprint density at radius 1 is 1.33 bits per heavy atom. The molecule has 18 heavy (non-hydrogen) atoms. The fourth-order valence-electron chi connectivity index (χ4n) is 2.65. The van der Waals surface area contributed by atoms with Gasteiger partial charge in [-0.2, -0.15) is 0 Å². The summed E-state index contributed by atoms with van der Waals surface area (Å²) in [7, 11) is 0. The van der Waals surface area contributed by atoms with E-state index in [0.717, 1.165) is 25.8 Å². The number of rotatable bonds is 4. The number of nitrogens with two attached hydrogens (primary N) is 1. The van der Waals surface area contributed by atoms with Gasteiger partial charge >= 0.3 is 0 Å². The number of fused-ring (bicyclic) bond motifs is 1. The van der Waals surface area contributed by atoms with Gasteiger partial charge in [-0.3, -0.25) is 0 Å². The van der Waals surface area contributed by atoms with Crippen molar-refractivity contribution < 1.29 is 5.11 Å². The first kappa shape index (κ1) is 13.4. The lowest BCUT2D eigenvalue weighted by molar-refractivity contribution is 0.0389. The van der Waals surface area contributed by atoms with Crippen LogP contribution in [0.5, 0.6) is 0 Å². The molecule has 1 heterocycles. The number of aliphatic hydroxyl groups is 1. The predicted molar refractivity (Wildman–Crippen MR) is 75.7 cm³/mol. The molecule has 100 valence electrons. The van der Waals surface area contributed by atoms with E-state index in [9.17, 15) is 5.11 Å². The van der Waals surface area contributed by atoms with Gasteiger partial charge in [-0.1, -0.05) is 32.0 Å². The van der Waals surface area contributed by atoms with Gasteiger partial charge in [-0.05, 0) is 30.9 Å². The van der Waals surface area contributed by atoms with Crippen LogP contribution in [0.2, 0.25) is 0 Å². The van der Waals surface area contributed by atoms with Gasteiger partial charge in [0.2, 0.25) is 0 Å². The first-order chi connectivity index (χ1) is 8.59. The van der Waals surface area contributed by atoms with Gasteiger partial charge in [0, 0.05) is 24.8 Å². The van der Waals surface area contributed by atoms with Gasteiger partial charge in [-0.25, -0.2) is 0 Å². The van der Waals surface area contributed by atoms with Crippen molar-refractivity contribution in [3.05, 3.63) is 29.8 Å². The van der Waals surface area contributed by atoms with E-state index < -0.39 is 5.60 Å². The molecule has 0 aliphatic carbocycles. The second-order valence-electron chi connectivity index (χ2n) is 5.31. The standard InChI is InChI=1S/C15H24N2O/c1-3-15(18,4-2)11-17-10-9-13(16)12-7-5-6-8-14(12)17/h5-8,13,18H,3-4,9-11,16H2,1-2H3. The molecule has 0 bridgehead atoms. The van der Waals surface area contributed by atoms with Crippen LogP contribution in [0, 0.1) is 0 Å². The number of benzene rings is 1. The highest BCUT2D eigenvalue weighted by atomic mass is 16.3. The molecule has 0 spiro atoms. The van der Waals surface area contributed by atoms with Gasteiger partial charge in [0.25, 0.3) is 0 Å². The van der Waals surface area contributed by atoms with Crippen molar-refractivity contribution in [2.45, 2.75) is 44.8 Å². The zero-order chi connectivity index (χ0) is 13.2. The molecule has 1 aliphatic rings. The first-order valence-electron chi connectivity index (χ1n) is 6.91. The Balaban J connectivity index is 2.24. The third-order valence-corrected chi connectivity index (χ3v) is 4.19. The second-order valence-corrected chi connectivity index (χ2v) is 5.31. The normalized spacial score (nSPS) is 19.8. The van der Waals surface area contributed by atoms with E-state index in [1.807, 2.05) is 26.0 Å². The van der Waals surface area contributed by atoms with Crippen LogP contribution in [0.4, 0.5) is 5.69 Å². The molecular weight excluding hydrogens is 224 g/mol. The van der Waals surface area contributed by atoms with E-state index in [1.165, 1.54) is 11.3 Å². The largest absolute Gasteiger partial charge is 0.388 e. The van der Waals surface area contributed by atoms with Crippen LogP contribution in [0.15, 0.2) is 24.3 Å².